The van der Waals surface area contributed by atoms with Crippen molar-refractivity contribution in [1.29, 1.82) is 0 Å². The van der Waals surface area contributed by atoms with Crippen LogP contribution in [0.4, 0.5) is 4.39 Å². The summed E-state index contributed by atoms with van der Waals surface area (Å²) in [6.07, 6.45) is 2.49. The van der Waals surface area contributed by atoms with E-state index in [4.69, 9.17) is 0 Å². The van der Waals surface area contributed by atoms with Gasteiger partial charge in [-0.2, -0.15) is 0 Å². The summed E-state index contributed by atoms with van der Waals surface area (Å²) in [7, 11) is 0. The zero-order valence-corrected chi connectivity index (χ0v) is 12.0. The molecule has 1 N–H and O–H groups in total. The van der Waals surface area contributed by atoms with E-state index in [-0.39, 0.29) is 5.82 Å². The molecular formula is C18H20FN. The molecule has 2 aromatic rings. The second kappa shape index (κ2) is 5.37. The van der Waals surface area contributed by atoms with Gasteiger partial charge in [0, 0.05) is 12.6 Å². The third kappa shape index (κ3) is 2.91. The van der Waals surface area contributed by atoms with E-state index in [0.717, 1.165) is 17.7 Å². The molecule has 0 atom stereocenters. The average Bonchev–Trinajstić information content (AvgIpc) is 3.24. The lowest BCUT2D eigenvalue weighted by atomic mass is 9.94. The second-order valence-corrected chi connectivity index (χ2v) is 5.78. The summed E-state index contributed by atoms with van der Waals surface area (Å²) in [5.41, 5.74) is 5.86. The van der Waals surface area contributed by atoms with Crippen molar-refractivity contribution in [1.82, 2.24) is 5.32 Å². The molecule has 0 aliphatic heterocycles. The van der Waals surface area contributed by atoms with Crippen LogP contribution in [0, 0.1) is 19.7 Å². The lowest BCUT2D eigenvalue weighted by Gasteiger charge is -2.14. The number of aryl methyl sites for hydroxylation is 2. The molecule has 0 saturated heterocycles. The first-order valence-electron chi connectivity index (χ1n) is 7.23. The Bertz CT molecular complexity index is 629. The molecule has 0 unspecified atom stereocenters. The summed E-state index contributed by atoms with van der Waals surface area (Å²) in [4.78, 5) is 0. The molecule has 1 saturated carbocycles. The van der Waals surface area contributed by atoms with Crippen molar-refractivity contribution in [3.63, 3.8) is 0 Å². The summed E-state index contributed by atoms with van der Waals surface area (Å²) in [5.74, 6) is -0.161. The van der Waals surface area contributed by atoms with E-state index in [1.165, 1.54) is 29.5 Å². The fourth-order valence-corrected chi connectivity index (χ4v) is 2.54. The molecule has 2 aromatic carbocycles. The van der Waals surface area contributed by atoms with Crippen molar-refractivity contribution >= 4 is 0 Å². The summed E-state index contributed by atoms with van der Waals surface area (Å²) in [6.45, 7) is 4.94. The van der Waals surface area contributed by atoms with Crippen molar-refractivity contribution in [3.05, 3.63) is 58.9 Å². The molecule has 0 bridgehead atoms. The maximum atomic E-state index is 13.6. The molecule has 104 valence electrons. The van der Waals surface area contributed by atoms with Gasteiger partial charge < -0.3 is 5.32 Å². The van der Waals surface area contributed by atoms with Crippen molar-refractivity contribution < 1.29 is 4.39 Å². The summed E-state index contributed by atoms with van der Waals surface area (Å²) >= 11 is 0. The molecule has 0 amide bonds. The Kier molecular flexibility index (Phi) is 3.58. The average molecular weight is 269 g/mol. The van der Waals surface area contributed by atoms with Gasteiger partial charge in [-0.25, -0.2) is 4.39 Å². The lowest BCUT2D eigenvalue weighted by molar-refractivity contribution is 0.620. The highest BCUT2D eigenvalue weighted by atomic mass is 19.1. The maximum absolute atomic E-state index is 13.6. The van der Waals surface area contributed by atoms with Gasteiger partial charge in [0.25, 0.3) is 0 Å². The highest BCUT2D eigenvalue weighted by Crippen LogP contribution is 2.29. The van der Waals surface area contributed by atoms with Gasteiger partial charge in [-0.15, -0.1) is 0 Å². The minimum atomic E-state index is -0.161. The summed E-state index contributed by atoms with van der Waals surface area (Å²) in [5, 5.41) is 3.48. The maximum Gasteiger partial charge on any atom is 0.123 e. The van der Waals surface area contributed by atoms with Gasteiger partial charge in [0.2, 0.25) is 0 Å². The number of rotatable bonds is 4. The van der Waals surface area contributed by atoms with Crippen LogP contribution in [0.15, 0.2) is 36.4 Å². The van der Waals surface area contributed by atoms with Crippen molar-refractivity contribution in [2.75, 3.05) is 0 Å². The van der Waals surface area contributed by atoms with E-state index in [9.17, 15) is 4.39 Å². The van der Waals surface area contributed by atoms with Crippen LogP contribution >= 0.6 is 0 Å². The van der Waals surface area contributed by atoms with Gasteiger partial charge in [0.15, 0.2) is 0 Å². The highest BCUT2D eigenvalue weighted by molar-refractivity contribution is 5.71. The second-order valence-electron chi connectivity index (χ2n) is 5.78. The fourth-order valence-electron chi connectivity index (χ4n) is 2.54. The van der Waals surface area contributed by atoms with Crippen LogP contribution in [0.1, 0.15) is 29.5 Å². The fraction of sp³-hybridized carbons (Fsp3) is 0.333. The number of hydrogen-bond donors (Lipinski definition) is 1. The van der Waals surface area contributed by atoms with Gasteiger partial charge in [-0.1, -0.05) is 29.8 Å². The topological polar surface area (TPSA) is 12.0 Å². The molecule has 2 heteroatoms. The molecule has 1 fully saturated rings. The molecule has 0 spiro atoms. The summed E-state index contributed by atoms with van der Waals surface area (Å²) in [6, 6.07) is 12.2. The van der Waals surface area contributed by atoms with Crippen molar-refractivity contribution in [2.24, 2.45) is 0 Å². The van der Waals surface area contributed by atoms with Crippen LogP contribution in [-0.4, -0.2) is 6.04 Å². The smallest absolute Gasteiger partial charge is 0.123 e. The first kappa shape index (κ1) is 13.3. The van der Waals surface area contributed by atoms with E-state index in [0.29, 0.717) is 6.04 Å². The molecule has 1 nitrogen and oxygen atoms in total. The van der Waals surface area contributed by atoms with Gasteiger partial charge in [-0.3, -0.25) is 0 Å². The predicted molar refractivity (Wildman–Crippen MR) is 81.2 cm³/mol. The van der Waals surface area contributed by atoms with Gasteiger partial charge >= 0.3 is 0 Å². The minimum absolute atomic E-state index is 0.161. The van der Waals surface area contributed by atoms with E-state index < -0.39 is 0 Å². The van der Waals surface area contributed by atoms with Crippen LogP contribution in [0.2, 0.25) is 0 Å². The van der Waals surface area contributed by atoms with Crippen LogP contribution in [0.5, 0.6) is 0 Å². The molecule has 0 aromatic heterocycles. The zero-order chi connectivity index (χ0) is 14.1. The minimum Gasteiger partial charge on any atom is -0.310 e. The van der Waals surface area contributed by atoms with Gasteiger partial charge in [0.1, 0.15) is 5.82 Å². The molecule has 0 radical (unpaired) electrons. The molecule has 3 rings (SSSR count). The zero-order valence-electron chi connectivity index (χ0n) is 12.0. The van der Waals surface area contributed by atoms with Crippen molar-refractivity contribution in [2.45, 2.75) is 39.3 Å². The summed E-state index contributed by atoms with van der Waals surface area (Å²) < 4.78 is 13.6. The van der Waals surface area contributed by atoms with Crippen LogP contribution in [-0.2, 0) is 6.54 Å². The molecule has 0 heterocycles. The lowest BCUT2D eigenvalue weighted by Crippen LogP contribution is -2.16. The van der Waals surface area contributed by atoms with E-state index in [2.05, 4.69) is 37.4 Å². The third-order valence-corrected chi connectivity index (χ3v) is 3.91. The van der Waals surface area contributed by atoms with Gasteiger partial charge in [-0.05, 0) is 61.1 Å². The Balaban J connectivity index is 1.99. The number of nitrogens with one attached hydrogen (secondary N) is 1. The molecular weight excluding hydrogens is 249 g/mol. The Morgan fingerprint density at radius 3 is 2.60 bits per heavy atom. The molecule has 20 heavy (non-hydrogen) atoms. The van der Waals surface area contributed by atoms with Gasteiger partial charge in [0.05, 0.1) is 0 Å². The first-order valence-corrected chi connectivity index (χ1v) is 7.23. The van der Waals surface area contributed by atoms with Crippen LogP contribution in [0.3, 0.4) is 0 Å². The van der Waals surface area contributed by atoms with E-state index >= 15 is 0 Å². The largest absolute Gasteiger partial charge is 0.310 e. The SMILES string of the molecule is Cc1ccc(C)c(-c2ccc(F)cc2CNC2CC2)c1. The van der Waals surface area contributed by atoms with Crippen LogP contribution < -0.4 is 5.32 Å². The van der Waals surface area contributed by atoms with E-state index in [1.807, 2.05) is 6.07 Å². The third-order valence-electron chi connectivity index (χ3n) is 3.91. The molecule has 1 aliphatic carbocycles. The van der Waals surface area contributed by atoms with E-state index in [1.54, 1.807) is 12.1 Å². The predicted octanol–water partition coefficient (Wildman–Crippen LogP) is 4.36. The highest BCUT2D eigenvalue weighted by Gasteiger charge is 2.20. The van der Waals surface area contributed by atoms with Crippen molar-refractivity contribution in [3.8, 4) is 11.1 Å². The first-order chi connectivity index (χ1) is 9.63. The van der Waals surface area contributed by atoms with Crippen LogP contribution in [0.25, 0.3) is 11.1 Å². The number of halogens is 1. The quantitative estimate of drug-likeness (QED) is 0.869. The standard InChI is InChI=1S/C18H20FN/c1-12-3-4-13(2)18(9-12)17-8-5-15(19)10-14(17)11-20-16-6-7-16/h3-5,8-10,16,20H,6-7,11H2,1-2H3. The Hall–Kier alpha value is -1.67. The Morgan fingerprint density at radius 1 is 1.05 bits per heavy atom. The molecule has 1 aliphatic rings. The number of benzene rings is 2. The number of hydrogen-bond acceptors (Lipinski definition) is 1. The Labute approximate surface area is 119 Å². The monoisotopic (exact) mass is 269 g/mol. The Morgan fingerprint density at radius 2 is 1.85 bits per heavy atom. The normalized spacial score (nSPS) is 14.6.